The summed E-state index contributed by atoms with van der Waals surface area (Å²) in [5.41, 5.74) is -0.641. The van der Waals surface area contributed by atoms with Gasteiger partial charge >= 0.3 is 0 Å². The molecule has 0 amide bonds. The molecule has 148 valence electrons. The summed E-state index contributed by atoms with van der Waals surface area (Å²) in [6, 6.07) is 0. The molecule has 4 atom stereocenters. The second-order valence-electron chi connectivity index (χ2n) is 9.61. The van der Waals surface area contributed by atoms with Crippen LogP contribution in [0.5, 0.6) is 0 Å². The van der Waals surface area contributed by atoms with Gasteiger partial charge in [-0.2, -0.15) is 0 Å². The molecule has 0 aromatic rings. The Morgan fingerprint density at radius 1 is 1.20 bits per heavy atom. The molecule has 5 heteroatoms. The van der Waals surface area contributed by atoms with Gasteiger partial charge in [0.1, 0.15) is 17.5 Å². The minimum atomic E-state index is -1.97. The summed E-state index contributed by atoms with van der Waals surface area (Å²) in [6.07, 6.45) is 0.931. The van der Waals surface area contributed by atoms with Crippen LogP contribution in [-0.4, -0.2) is 37.7 Å². The third-order valence-electron chi connectivity index (χ3n) is 6.01. The highest BCUT2D eigenvalue weighted by atomic mass is 28.4. The first-order chi connectivity index (χ1) is 11.1. The lowest BCUT2D eigenvalue weighted by Gasteiger charge is -2.45. The lowest BCUT2D eigenvalue weighted by Crippen LogP contribution is -2.57. The lowest BCUT2D eigenvalue weighted by atomic mass is 9.82. The number of carbonyl (C=O) groups is 1. The molecule has 0 bridgehead atoms. The Morgan fingerprint density at radius 2 is 1.72 bits per heavy atom. The third-order valence-corrected chi connectivity index (χ3v) is 10.5. The molecule has 0 N–H and O–H groups in total. The topological polar surface area (TPSA) is 44.8 Å². The van der Waals surface area contributed by atoms with E-state index < -0.39 is 19.7 Å². The van der Waals surface area contributed by atoms with E-state index in [0.29, 0.717) is 6.42 Å². The first kappa shape index (κ1) is 22.8. The van der Waals surface area contributed by atoms with Crippen molar-refractivity contribution in [3.8, 4) is 0 Å². The van der Waals surface area contributed by atoms with Gasteiger partial charge in [0.2, 0.25) is 0 Å². The first-order valence-electron chi connectivity index (χ1n) is 9.69. The molecule has 4 nitrogen and oxygen atoms in total. The smallest absolute Gasteiger partial charge is 0.192 e. The number of ketones is 1. The maximum atomic E-state index is 12.4. The second-order valence-corrected chi connectivity index (χ2v) is 14.4. The van der Waals surface area contributed by atoms with Crippen LogP contribution in [0.2, 0.25) is 18.1 Å². The highest BCUT2D eigenvalue weighted by Crippen LogP contribution is 2.46. The molecule has 1 heterocycles. The number of rotatable bonds is 7. The summed E-state index contributed by atoms with van der Waals surface area (Å²) in [5, 5.41) is 0.117. The van der Waals surface area contributed by atoms with Crippen LogP contribution in [0, 0.1) is 5.92 Å². The molecule has 0 aromatic carbocycles. The molecule has 0 aliphatic carbocycles. The zero-order valence-corrected chi connectivity index (χ0v) is 19.3. The van der Waals surface area contributed by atoms with Crippen LogP contribution in [0.1, 0.15) is 75.2 Å². The van der Waals surface area contributed by atoms with Crippen molar-refractivity contribution < 1.29 is 18.7 Å². The largest absolute Gasteiger partial charge is 0.411 e. The van der Waals surface area contributed by atoms with Gasteiger partial charge in [-0.15, -0.1) is 0 Å². The Labute approximate surface area is 156 Å². The molecule has 4 unspecified atom stereocenters. The van der Waals surface area contributed by atoms with Gasteiger partial charge in [0.15, 0.2) is 14.1 Å². The normalized spacial score (nSPS) is 29.5. The summed E-state index contributed by atoms with van der Waals surface area (Å²) >= 11 is 0. The predicted molar refractivity (Wildman–Crippen MR) is 105 cm³/mol. The monoisotopic (exact) mass is 372 g/mol. The van der Waals surface area contributed by atoms with Crippen LogP contribution in [0.25, 0.3) is 0 Å². The Hall–Kier alpha value is -0.233. The van der Waals surface area contributed by atoms with E-state index in [0.717, 1.165) is 6.42 Å². The van der Waals surface area contributed by atoms with Crippen molar-refractivity contribution in [1.29, 1.82) is 0 Å². The fourth-order valence-electron chi connectivity index (χ4n) is 3.51. The third kappa shape index (κ3) is 4.73. The van der Waals surface area contributed by atoms with Crippen LogP contribution in [0.3, 0.4) is 0 Å². The summed E-state index contributed by atoms with van der Waals surface area (Å²) in [4.78, 5) is 12.4. The highest BCUT2D eigenvalue weighted by molar-refractivity contribution is 6.74. The number of Topliss-reactive ketones (excluding diaryl/α,β-unsaturated/α-hetero) is 1. The number of hydrogen-bond donors (Lipinski definition) is 0. The summed E-state index contributed by atoms with van der Waals surface area (Å²) < 4.78 is 19.4. The minimum absolute atomic E-state index is 0.104. The Balaban J connectivity index is 3.23. The van der Waals surface area contributed by atoms with E-state index in [4.69, 9.17) is 13.9 Å². The van der Waals surface area contributed by atoms with Crippen molar-refractivity contribution in [2.75, 3.05) is 0 Å². The van der Waals surface area contributed by atoms with E-state index in [2.05, 4.69) is 47.7 Å². The van der Waals surface area contributed by atoms with Crippen LogP contribution in [0.15, 0.2) is 0 Å². The molecule has 1 fully saturated rings. The fraction of sp³-hybridized carbons (Fsp3) is 0.950. The van der Waals surface area contributed by atoms with Gasteiger partial charge in [-0.25, -0.2) is 0 Å². The van der Waals surface area contributed by atoms with Gasteiger partial charge in [0, 0.05) is 12.3 Å². The molecule has 0 spiro atoms. The number of carbonyl (C=O) groups excluding carboxylic acids is 1. The molecule has 1 aliphatic heterocycles. The Morgan fingerprint density at radius 3 is 2.12 bits per heavy atom. The van der Waals surface area contributed by atoms with E-state index in [1.54, 1.807) is 0 Å². The van der Waals surface area contributed by atoms with Gasteiger partial charge in [-0.1, -0.05) is 41.5 Å². The van der Waals surface area contributed by atoms with E-state index in [9.17, 15) is 4.79 Å². The zero-order chi connectivity index (χ0) is 19.8. The Kier molecular flexibility index (Phi) is 6.76. The molecular weight excluding hydrogens is 332 g/mol. The van der Waals surface area contributed by atoms with E-state index in [1.807, 2.05) is 27.7 Å². The SMILES string of the molecule is CCC(=O)C(C)C1OC(C)(C)OC1(C)C(CC)O[Si](C)(C)C(C)(C)C. The van der Waals surface area contributed by atoms with E-state index in [1.165, 1.54) is 0 Å². The van der Waals surface area contributed by atoms with Gasteiger partial charge in [0.25, 0.3) is 0 Å². The molecule has 1 rings (SSSR count). The quantitative estimate of drug-likeness (QED) is 0.568. The average molecular weight is 373 g/mol. The van der Waals surface area contributed by atoms with Crippen LogP contribution in [-0.2, 0) is 18.7 Å². The number of hydrogen-bond acceptors (Lipinski definition) is 4. The summed E-state index contributed by atoms with van der Waals surface area (Å²) in [7, 11) is -1.97. The van der Waals surface area contributed by atoms with Crippen molar-refractivity contribution in [3.05, 3.63) is 0 Å². The maximum absolute atomic E-state index is 12.4. The van der Waals surface area contributed by atoms with Crippen molar-refractivity contribution in [2.24, 2.45) is 5.92 Å². The molecule has 25 heavy (non-hydrogen) atoms. The molecule has 0 saturated carbocycles. The second kappa shape index (κ2) is 7.41. The van der Waals surface area contributed by atoms with Crippen molar-refractivity contribution in [1.82, 2.24) is 0 Å². The molecule has 1 aliphatic rings. The zero-order valence-electron chi connectivity index (χ0n) is 18.3. The van der Waals surface area contributed by atoms with Crippen molar-refractivity contribution in [2.45, 2.75) is 117 Å². The van der Waals surface area contributed by atoms with E-state index >= 15 is 0 Å². The van der Waals surface area contributed by atoms with Crippen LogP contribution >= 0.6 is 0 Å². The van der Waals surface area contributed by atoms with Gasteiger partial charge in [0.05, 0.1) is 6.10 Å². The molecular formula is C20H40O4Si. The van der Waals surface area contributed by atoms with Gasteiger partial charge in [-0.05, 0) is 45.3 Å². The predicted octanol–water partition coefficient (Wildman–Crippen LogP) is 5.31. The standard InChI is InChI=1S/C20H40O4Si/c1-12-15(21)14(3)17-20(9,24-19(7,8)22-17)16(13-2)23-25(10,11)18(4,5)6/h14,16-17H,12-13H2,1-11H3. The molecule has 0 aromatic heterocycles. The van der Waals surface area contributed by atoms with Gasteiger partial charge in [-0.3, -0.25) is 4.79 Å². The van der Waals surface area contributed by atoms with Gasteiger partial charge < -0.3 is 13.9 Å². The molecule has 1 saturated heterocycles. The highest BCUT2D eigenvalue weighted by Gasteiger charge is 2.58. The lowest BCUT2D eigenvalue weighted by molar-refractivity contribution is -0.177. The summed E-state index contributed by atoms with van der Waals surface area (Å²) in [6.45, 7) is 23.1. The molecule has 0 radical (unpaired) electrons. The van der Waals surface area contributed by atoms with E-state index in [-0.39, 0.29) is 28.9 Å². The summed E-state index contributed by atoms with van der Waals surface area (Å²) in [5.74, 6) is -0.722. The van der Waals surface area contributed by atoms with Crippen molar-refractivity contribution in [3.63, 3.8) is 0 Å². The number of ether oxygens (including phenoxy) is 2. The maximum Gasteiger partial charge on any atom is 0.192 e. The Bertz CT molecular complexity index is 481. The van der Waals surface area contributed by atoms with Crippen molar-refractivity contribution >= 4 is 14.1 Å². The fourth-order valence-corrected chi connectivity index (χ4v) is 4.98. The minimum Gasteiger partial charge on any atom is -0.411 e. The first-order valence-corrected chi connectivity index (χ1v) is 12.6. The van der Waals surface area contributed by atoms with Crippen LogP contribution in [0.4, 0.5) is 0 Å². The van der Waals surface area contributed by atoms with Crippen LogP contribution < -0.4 is 0 Å². The average Bonchev–Trinajstić information content (AvgIpc) is 2.72.